The summed E-state index contributed by atoms with van der Waals surface area (Å²) in [4.78, 5) is 12.6. The van der Waals surface area contributed by atoms with E-state index in [-0.39, 0.29) is 23.5 Å². The Labute approximate surface area is 147 Å². The van der Waals surface area contributed by atoms with E-state index in [4.69, 9.17) is 4.74 Å². The lowest BCUT2D eigenvalue weighted by Crippen LogP contribution is -2.35. The van der Waals surface area contributed by atoms with E-state index in [1.54, 1.807) is 7.11 Å². The molecule has 3 rings (SSSR count). The number of nitrogens with one attached hydrogen (secondary N) is 1. The van der Waals surface area contributed by atoms with Crippen LogP contribution in [0, 0.1) is 5.92 Å². The average Bonchev–Trinajstić information content (AvgIpc) is 3.00. The Bertz CT molecular complexity index is 831. The fourth-order valence-electron chi connectivity index (χ4n) is 3.06. The molecule has 132 valence electrons. The molecule has 2 atom stereocenters. The molecule has 5 nitrogen and oxygen atoms in total. The fourth-order valence-corrected chi connectivity index (χ4v) is 4.80. The Morgan fingerprint density at radius 2 is 1.72 bits per heavy atom. The van der Waals surface area contributed by atoms with Gasteiger partial charge in [-0.2, -0.15) is 0 Å². The molecule has 1 fully saturated rings. The van der Waals surface area contributed by atoms with Crippen LogP contribution in [0.25, 0.3) is 0 Å². The highest BCUT2D eigenvalue weighted by atomic mass is 32.2. The van der Waals surface area contributed by atoms with Crippen LogP contribution in [0.2, 0.25) is 0 Å². The van der Waals surface area contributed by atoms with Gasteiger partial charge in [0.2, 0.25) is 5.91 Å². The maximum absolute atomic E-state index is 12.6. The third-order valence-corrected chi connectivity index (χ3v) is 6.24. The molecule has 1 aliphatic rings. The van der Waals surface area contributed by atoms with Gasteiger partial charge in [0.05, 0.1) is 30.6 Å². The number of carbonyl (C=O) groups is 1. The molecule has 0 bridgehead atoms. The van der Waals surface area contributed by atoms with E-state index in [2.05, 4.69) is 5.32 Å². The number of sulfone groups is 1. The second kappa shape index (κ2) is 7.27. The summed E-state index contributed by atoms with van der Waals surface area (Å²) in [6.07, 6.45) is 0.387. The number of benzene rings is 2. The Hall–Kier alpha value is -2.34. The number of rotatable bonds is 5. The Morgan fingerprint density at radius 3 is 2.28 bits per heavy atom. The summed E-state index contributed by atoms with van der Waals surface area (Å²) in [5.41, 5.74) is 1.86. The Morgan fingerprint density at radius 1 is 1.08 bits per heavy atom. The predicted octanol–water partition coefficient (Wildman–Crippen LogP) is 2.34. The van der Waals surface area contributed by atoms with Gasteiger partial charge in [-0.25, -0.2) is 8.42 Å². The van der Waals surface area contributed by atoms with Crippen molar-refractivity contribution in [1.29, 1.82) is 0 Å². The van der Waals surface area contributed by atoms with Crippen LogP contribution in [0.4, 0.5) is 0 Å². The number of hydrogen-bond acceptors (Lipinski definition) is 4. The quantitative estimate of drug-likeness (QED) is 0.889. The van der Waals surface area contributed by atoms with Crippen molar-refractivity contribution in [3.63, 3.8) is 0 Å². The normalized spacial score (nSPS) is 20.0. The zero-order chi connectivity index (χ0) is 17.9. The van der Waals surface area contributed by atoms with Crippen molar-refractivity contribution >= 4 is 15.7 Å². The van der Waals surface area contributed by atoms with Crippen LogP contribution in [0.15, 0.2) is 54.6 Å². The molecule has 1 saturated heterocycles. The van der Waals surface area contributed by atoms with Crippen molar-refractivity contribution in [3.8, 4) is 5.75 Å². The number of hydrogen-bond donors (Lipinski definition) is 1. The summed E-state index contributed by atoms with van der Waals surface area (Å²) < 4.78 is 28.5. The topological polar surface area (TPSA) is 72.5 Å². The molecular weight excluding hydrogens is 338 g/mol. The number of methoxy groups -OCH3 is 1. The van der Waals surface area contributed by atoms with E-state index in [1.807, 2.05) is 54.6 Å². The van der Waals surface area contributed by atoms with Crippen LogP contribution in [-0.2, 0) is 14.6 Å². The van der Waals surface area contributed by atoms with Gasteiger partial charge in [-0.05, 0) is 29.7 Å². The van der Waals surface area contributed by atoms with E-state index in [1.165, 1.54) is 0 Å². The van der Waals surface area contributed by atoms with E-state index < -0.39 is 15.8 Å². The first kappa shape index (κ1) is 17.5. The van der Waals surface area contributed by atoms with Gasteiger partial charge in [0, 0.05) is 0 Å². The largest absolute Gasteiger partial charge is 0.497 e. The molecule has 1 heterocycles. The second-order valence-corrected chi connectivity index (χ2v) is 8.45. The maximum atomic E-state index is 12.6. The van der Waals surface area contributed by atoms with Crippen LogP contribution in [0.1, 0.15) is 23.6 Å². The minimum Gasteiger partial charge on any atom is -0.497 e. The molecule has 1 N–H and O–H groups in total. The highest BCUT2D eigenvalue weighted by Gasteiger charge is 2.34. The van der Waals surface area contributed by atoms with Crippen molar-refractivity contribution in [2.45, 2.75) is 12.5 Å². The van der Waals surface area contributed by atoms with Crippen LogP contribution in [-0.4, -0.2) is 32.9 Å². The third kappa shape index (κ3) is 4.20. The third-order valence-electron chi connectivity index (χ3n) is 4.47. The monoisotopic (exact) mass is 359 g/mol. The fraction of sp³-hybridized carbons (Fsp3) is 0.316. The first-order chi connectivity index (χ1) is 12.0. The zero-order valence-corrected chi connectivity index (χ0v) is 14.8. The summed E-state index contributed by atoms with van der Waals surface area (Å²) in [5, 5.41) is 3.02. The molecule has 0 saturated carbocycles. The SMILES string of the molecule is COc1ccc([C@@H](NC(=O)[C@@H]2CCS(=O)(=O)C2)c2ccccc2)cc1. The maximum Gasteiger partial charge on any atom is 0.224 e. The number of amides is 1. The lowest BCUT2D eigenvalue weighted by Gasteiger charge is -2.22. The van der Waals surface area contributed by atoms with Gasteiger partial charge in [0.25, 0.3) is 0 Å². The van der Waals surface area contributed by atoms with Crippen molar-refractivity contribution in [2.75, 3.05) is 18.6 Å². The van der Waals surface area contributed by atoms with E-state index in [0.717, 1.165) is 16.9 Å². The molecule has 0 aliphatic carbocycles. The molecular formula is C19H21NO4S. The van der Waals surface area contributed by atoms with E-state index in [9.17, 15) is 13.2 Å². The summed E-state index contributed by atoms with van der Waals surface area (Å²) >= 11 is 0. The highest BCUT2D eigenvalue weighted by molar-refractivity contribution is 7.91. The molecule has 0 spiro atoms. The van der Waals surface area contributed by atoms with Crippen LogP contribution in [0.5, 0.6) is 5.75 Å². The Balaban J connectivity index is 1.85. The molecule has 1 amide bonds. The van der Waals surface area contributed by atoms with Crippen LogP contribution in [0.3, 0.4) is 0 Å². The van der Waals surface area contributed by atoms with Crippen molar-refractivity contribution in [3.05, 3.63) is 65.7 Å². The average molecular weight is 359 g/mol. The minimum absolute atomic E-state index is 0.0665. The second-order valence-electron chi connectivity index (χ2n) is 6.23. The zero-order valence-electron chi connectivity index (χ0n) is 14.0. The minimum atomic E-state index is -3.09. The first-order valence-electron chi connectivity index (χ1n) is 8.18. The van der Waals surface area contributed by atoms with Gasteiger partial charge in [0.15, 0.2) is 9.84 Å². The molecule has 0 aromatic heterocycles. The van der Waals surface area contributed by atoms with E-state index in [0.29, 0.717) is 6.42 Å². The van der Waals surface area contributed by atoms with Crippen LogP contribution < -0.4 is 10.1 Å². The summed E-state index contributed by atoms with van der Waals surface area (Å²) in [6.45, 7) is 0. The van der Waals surface area contributed by atoms with Crippen molar-refractivity contribution in [2.24, 2.45) is 5.92 Å². The smallest absolute Gasteiger partial charge is 0.224 e. The van der Waals surface area contributed by atoms with Crippen molar-refractivity contribution in [1.82, 2.24) is 5.32 Å². The first-order valence-corrected chi connectivity index (χ1v) is 10.0. The molecule has 0 unspecified atom stereocenters. The molecule has 6 heteroatoms. The van der Waals surface area contributed by atoms with Gasteiger partial charge < -0.3 is 10.1 Å². The van der Waals surface area contributed by atoms with Gasteiger partial charge in [0.1, 0.15) is 5.75 Å². The predicted molar refractivity (Wildman–Crippen MR) is 96.2 cm³/mol. The number of ether oxygens (including phenoxy) is 1. The van der Waals surface area contributed by atoms with Crippen LogP contribution >= 0.6 is 0 Å². The lowest BCUT2D eigenvalue weighted by molar-refractivity contribution is -0.124. The van der Waals surface area contributed by atoms with Gasteiger partial charge in [-0.15, -0.1) is 0 Å². The standard InChI is InChI=1S/C19H21NO4S/c1-24-17-9-7-15(8-10-17)18(14-5-3-2-4-6-14)20-19(21)16-11-12-25(22,23)13-16/h2-10,16,18H,11-13H2,1H3,(H,20,21)/t16-,18+/m1/s1. The summed E-state index contributed by atoms with van der Waals surface area (Å²) in [6, 6.07) is 16.8. The highest BCUT2D eigenvalue weighted by Crippen LogP contribution is 2.26. The van der Waals surface area contributed by atoms with E-state index >= 15 is 0 Å². The van der Waals surface area contributed by atoms with Crippen molar-refractivity contribution < 1.29 is 17.9 Å². The van der Waals surface area contributed by atoms with Gasteiger partial charge in [-0.3, -0.25) is 4.79 Å². The lowest BCUT2D eigenvalue weighted by atomic mass is 9.97. The summed E-state index contributed by atoms with van der Waals surface area (Å²) in [7, 11) is -1.49. The summed E-state index contributed by atoms with van der Waals surface area (Å²) in [5.74, 6) is 0.0658. The van der Waals surface area contributed by atoms with Gasteiger partial charge in [-0.1, -0.05) is 42.5 Å². The molecule has 0 radical (unpaired) electrons. The Kier molecular flexibility index (Phi) is 5.08. The molecule has 2 aromatic rings. The molecule has 1 aliphatic heterocycles. The molecule has 2 aromatic carbocycles. The van der Waals surface area contributed by atoms with Gasteiger partial charge >= 0.3 is 0 Å². The number of carbonyl (C=O) groups excluding carboxylic acids is 1. The molecule has 25 heavy (non-hydrogen) atoms.